The first kappa shape index (κ1) is 19.6. The Balaban J connectivity index is 3.28. The molecule has 0 amide bonds. The van der Waals surface area contributed by atoms with E-state index in [4.69, 9.17) is 0 Å². The van der Waals surface area contributed by atoms with Crippen LogP contribution in [0.25, 0.3) is 0 Å². The highest BCUT2D eigenvalue weighted by molar-refractivity contribution is 5.83. The van der Waals surface area contributed by atoms with Crippen LogP contribution in [0.3, 0.4) is 0 Å². The fraction of sp³-hybridized carbons (Fsp3) is 0.944. The molecule has 0 aromatic carbocycles. The molecule has 0 atom stereocenters. The molecule has 0 aliphatic carbocycles. The number of carbonyl (C=O) groups is 1. The first-order chi connectivity index (χ1) is 9.13. The highest BCUT2D eigenvalue weighted by Gasteiger charge is 2.19. The molecule has 0 aliphatic heterocycles. The van der Waals surface area contributed by atoms with Gasteiger partial charge in [0.15, 0.2) is 0 Å². The molecule has 1 N–H and O–H groups in total. The molecule has 0 fully saturated rings. The van der Waals surface area contributed by atoms with E-state index in [0.717, 1.165) is 19.4 Å². The van der Waals surface area contributed by atoms with E-state index in [9.17, 15) is 4.79 Å². The van der Waals surface area contributed by atoms with Gasteiger partial charge in [-0.05, 0) is 40.2 Å². The van der Waals surface area contributed by atoms with E-state index in [1.165, 1.54) is 38.5 Å². The molecule has 0 rings (SSSR count). The number of Topliss-reactive ketones (excluding diaryl/α,β-unsaturated/α-hetero) is 1. The first-order valence-electron chi connectivity index (χ1n) is 8.41. The van der Waals surface area contributed by atoms with Gasteiger partial charge in [0.1, 0.15) is 5.78 Å². The molecule has 20 heavy (non-hydrogen) atoms. The van der Waals surface area contributed by atoms with E-state index in [-0.39, 0.29) is 11.0 Å². The minimum absolute atomic E-state index is 0.153. The highest BCUT2D eigenvalue weighted by atomic mass is 16.1. The summed E-state index contributed by atoms with van der Waals surface area (Å²) in [6.45, 7) is 13.8. The molecule has 0 saturated carbocycles. The van der Waals surface area contributed by atoms with Crippen molar-refractivity contribution in [2.45, 2.75) is 98.4 Å². The average Bonchev–Trinajstić information content (AvgIpc) is 2.28. The number of hydrogen-bond donors (Lipinski definition) is 1. The molecule has 0 aromatic rings. The fourth-order valence-corrected chi connectivity index (χ4v) is 2.13. The second kappa shape index (κ2) is 9.55. The predicted molar refractivity (Wildman–Crippen MR) is 89.2 cm³/mol. The maximum Gasteiger partial charge on any atom is 0.138 e. The van der Waals surface area contributed by atoms with Gasteiger partial charge in [0, 0.05) is 17.4 Å². The quantitative estimate of drug-likeness (QED) is 0.564. The van der Waals surface area contributed by atoms with Crippen LogP contribution in [0.15, 0.2) is 0 Å². The minimum Gasteiger partial charge on any atom is -0.312 e. The number of hydrogen-bond acceptors (Lipinski definition) is 2. The maximum absolute atomic E-state index is 11.7. The van der Waals surface area contributed by atoms with Crippen LogP contribution in [0.4, 0.5) is 0 Å². The van der Waals surface area contributed by atoms with Crippen molar-refractivity contribution in [1.82, 2.24) is 5.32 Å². The van der Waals surface area contributed by atoms with Gasteiger partial charge in [-0.15, -0.1) is 0 Å². The van der Waals surface area contributed by atoms with Crippen LogP contribution < -0.4 is 5.32 Å². The molecule has 2 heteroatoms. The summed E-state index contributed by atoms with van der Waals surface area (Å²) < 4.78 is 0. The van der Waals surface area contributed by atoms with E-state index in [0.29, 0.717) is 5.78 Å². The number of nitrogens with one attached hydrogen (secondary N) is 1. The van der Waals surface area contributed by atoms with Gasteiger partial charge in [-0.25, -0.2) is 0 Å². The maximum atomic E-state index is 11.7. The molecule has 120 valence electrons. The molecule has 0 aromatic heterocycles. The molecular formula is C18H37NO. The zero-order valence-electron chi connectivity index (χ0n) is 14.8. The van der Waals surface area contributed by atoms with Crippen molar-refractivity contribution >= 4 is 5.78 Å². The third kappa shape index (κ3) is 12.7. The minimum atomic E-state index is -0.153. The second-order valence-corrected chi connectivity index (χ2v) is 8.07. The Hall–Kier alpha value is -0.370. The van der Waals surface area contributed by atoms with E-state index in [2.05, 4.69) is 26.1 Å². The van der Waals surface area contributed by atoms with Gasteiger partial charge in [-0.2, -0.15) is 0 Å². The Labute approximate surface area is 127 Å². The lowest BCUT2D eigenvalue weighted by Crippen LogP contribution is -2.36. The van der Waals surface area contributed by atoms with Crippen molar-refractivity contribution in [1.29, 1.82) is 0 Å². The summed E-state index contributed by atoms with van der Waals surface area (Å²) in [5.74, 6) is 0.408. The van der Waals surface area contributed by atoms with E-state index in [1.807, 2.05) is 20.8 Å². The van der Waals surface area contributed by atoms with E-state index < -0.39 is 0 Å². The predicted octanol–water partition coefficient (Wildman–Crippen LogP) is 5.11. The van der Waals surface area contributed by atoms with Crippen molar-refractivity contribution in [3.63, 3.8) is 0 Å². The molecular weight excluding hydrogens is 246 g/mol. The largest absolute Gasteiger partial charge is 0.312 e. The van der Waals surface area contributed by atoms with Crippen LogP contribution in [-0.4, -0.2) is 17.9 Å². The van der Waals surface area contributed by atoms with Crippen LogP contribution in [0.1, 0.15) is 92.9 Å². The fourth-order valence-electron chi connectivity index (χ4n) is 2.13. The third-order valence-electron chi connectivity index (χ3n) is 3.57. The molecule has 0 bridgehead atoms. The van der Waals surface area contributed by atoms with Crippen LogP contribution in [-0.2, 0) is 4.79 Å². The Bertz CT molecular complexity index is 258. The van der Waals surface area contributed by atoms with Crippen LogP contribution in [0.2, 0.25) is 0 Å². The van der Waals surface area contributed by atoms with E-state index in [1.54, 1.807) is 0 Å². The Morgan fingerprint density at radius 2 is 1.20 bits per heavy atom. The van der Waals surface area contributed by atoms with Gasteiger partial charge < -0.3 is 5.32 Å². The van der Waals surface area contributed by atoms with E-state index >= 15 is 0 Å². The lowest BCUT2D eigenvalue weighted by atomic mass is 9.88. The van der Waals surface area contributed by atoms with Gasteiger partial charge in [0.05, 0.1) is 0 Å². The number of rotatable bonds is 10. The van der Waals surface area contributed by atoms with Crippen LogP contribution in [0.5, 0.6) is 0 Å². The van der Waals surface area contributed by atoms with Gasteiger partial charge in [-0.3, -0.25) is 4.79 Å². The van der Waals surface area contributed by atoms with Crippen molar-refractivity contribution in [2.75, 3.05) is 6.54 Å². The topological polar surface area (TPSA) is 29.1 Å². The lowest BCUT2D eigenvalue weighted by molar-refractivity contribution is -0.126. The summed E-state index contributed by atoms with van der Waals surface area (Å²) in [5.41, 5.74) is 0.0969. The molecule has 2 nitrogen and oxygen atoms in total. The summed E-state index contributed by atoms with van der Waals surface area (Å²) in [4.78, 5) is 11.7. The van der Waals surface area contributed by atoms with Crippen molar-refractivity contribution < 1.29 is 4.79 Å². The lowest BCUT2D eigenvalue weighted by Gasteiger charge is -2.20. The van der Waals surface area contributed by atoms with Crippen LogP contribution in [0, 0.1) is 5.41 Å². The molecule has 0 saturated heterocycles. The Morgan fingerprint density at radius 1 is 0.750 bits per heavy atom. The molecule has 0 unspecified atom stereocenters. The van der Waals surface area contributed by atoms with Gasteiger partial charge in [0.2, 0.25) is 0 Å². The normalized spacial score (nSPS) is 12.7. The summed E-state index contributed by atoms with van der Waals surface area (Å²) >= 11 is 0. The van der Waals surface area contributed by atoms with Gasteiger partial charge in [0.25, 0.3) is 0 Å². The summed E-state index contributed by atoms with van der Waals surface area (Å²) in [7, 11) is 0. The summed E-state index contributed by atoms with van der Waals surface area (Å²) in [6, 6.07) is 0. The van der Waals surface area contributed by atoms with Crippen molar-refractivity contribution in [2.24, 2.45) is 5.41 Å². The second-order valence-electron chi connectivity index (χ2n) is 8.07. The standard InChI is InChI=1S/C18H37NO/c1-17(2,3)16(20)14-12-10-8-7-9-11-13-15-19-18(4,5)6/h19H,7-15H2,1-6H3. The summed E-state index contributed by atoms with van der Waals surface area (Å²) in [6.07, 6.45) is 9.58. The zero-order valence-corrected chi connectivity index (χ0v) is 14.8. The monoisotopic (exact) mass is 283 g/mol. The number of carbonyl (C=O) groups excluding carboxylic acids is 1. The Kier molecular flexibility index (Phi) is 9.37. The molecule has 0 spiro atoms. The van der Waals surface area contributed by atoms with Crippen LogP contribution >= 0.6 is 0 Å². The molecule has 0 radical (unpaired) electrons. The number of ketones is 1. The Morgan fingerprint density at radius 3 is 1.65 bits per heavy atom. The van der Waals surface area contributed by atoms with Crippen molar-refractivity contribution in [3.05, 3.63) is 0 Å². The molecule has 0 aliphatic rings. The van der Waals surface area contributed by atoms with Gasteiger partial charge >= 0.3 is 0 Å². The smallest absolute Gasteiger partial charge is 0.138 e. The SMILES string of the molecule is CC(C)(C)NCCCCCCCCCC(=O)C(C)(C)C. The first-order valence-corrected chi connectivity index (χ1v) is 8.41. The average molecular weight is 283 g/mol. The zero-order chi connectivity index (χ0) is 15.6. The summed E-state index contributed by atoms with van der Waals surface area (Å²) in [5, 5.41) is 3.52. The molecule has 0 heterocycles. The van der Waals surface area contributed by atoms with Crippen molar-refractivity contribution in [3.8, 4) is 0 Å². The van der Waals surface area contributed by atoms with Gasteiger partial charge in [-0.1, -0.05) is 52.9 Å². The third-order valence-corrected chi connectivity index (χ3v) is 3.57. The highest BCUT2D eigenvalue weighted by Crippen LogP contribution is 2.19. The number of unbranched alkanes of at least 4 members (excludes halogenated alkanes) is 6.